The van der Waals surface area contributed by atoms with Gasteiger partial charge in [-0.15, -0.1) is 10.2 Å². The highest BCUT2D eigenvalue weighted by molar-refractivity contribution is 8.03. The summed E-state index contributed by atoms with van der Waals surface area (Å²) in [5.41, 5.74) is 0.706. The number of nitriles is 1. The van der Waals surface area contributed by atoms with E-state index in [2.05, 4.69) is 16.3 Å². The highest BCUT2D eigenvalue weighted by Crippen LogP contribution is 2.31. The minimum absolute atomic E-state index is 0.0744. The standard InChI is InChI=1S/C13H11N3OS3/c1-9(7-14)19-13-16-15-12(20-13)18-8-11(17)10-5-3-2-4-6-10/h2-6,9H,8H2,1H3/t9-/m0/s1. The van der Waals surface area contributed by atoms with Gasteiger partial charge >= 0.3 is 0 Å². The fraction of sp³-hybridized carbons (Fsp3) is 0.231. The predicted molar refractivity (Wildman–Crippen MR) is 82.3 cm³/mol. The lowest BCUT2D eigenvalue weighted by atomic mass is 10.2. The van der Waals surface area contributed by atoms with E-state index in [-0.39, 0.29) is 11.0 Å². The van der Waals surface area contributed by atoms with E-state index in [4.69, 9.17) is 5.26 Å². The van der Waals surface area contributed by atoms with E-state index >= 15 is 0 Å². The van der Waals surface area contributed by atoms with Crippen molar-refractivity contribution in [2.24, 2.45) is 0 Å². The quantitative estimate of drug-likeness (QED) is 0.599. The Balaban J connectivity index is 1.89. The van der Waals surface area contributed by atoms with Crippen molar-refractivity contribution < 1.29 is 4.79 Å². The molecule has 2 aromatic rings. The maximum absolute atomic E-state index is 11.9. The maximum atomic E-state index is 11.9. The van der Waals surface area contributed by atoms with E-state index in [9.17, 15) is 4.79 Å². The second-order valence-electron chi connectivity index (χ2n) is 3.80. The van der Waals surface area contributed by atoms with Crippen molar-refractivity contribution in [2.45, 2.75) is 20.9 Å². The minimum atomic E-state index is -0.147. The molecule has 1 heterocycles. The minimum Gasteiger partial charge on any atom is -0.293 e. The van der Waals surface area contributed by atoms with Crippen LogP contribution in [0.15, 0.2) is 39.0 Å². The first-order chi connectivity index (χ1) is 9.69. The van der Waals surface area contributed by atoms with Gasteiger partial charge in [-0.2, -0.15) is 5.26 Å². The number of Topliss-reactive ketones (excluding diaryl/α,β-unsaturated/α-hetero) is 1. The first-order valence-electron chi connectivity index (χ1n) is 5.80. The molecular formula is C13H11N3OS3. The predicted octanol–water partition coefficient (Wildman–Crippen LogP) is 3.52. The summed E-state index contributed by atoms with van der Waals surface area (Å²) in [5.74, 6) is 0.419. The molecular weight excluding hydrogens is 310 g/mol. The van der Waals surface area contributed by atoms with Crippen LogP contribution in [-0.2, 0) is 0 Å². The lowest BCUT2D eigenvalue weighted by Crippen LogP contribution is -2.01. The summed E-state index contributed by atoms with van der Waals surface area (Å²) >= 11 is 4.17. The van der Waals surface area contributed by atoms with Gasteiger partial charge < -0.3 is 0 Å². The Hall–Kier alpha value is -1.36. The molecule has 0 saturated carbocycles. The van der Waals surface area contributed by atoms with Crippen molar-refractivity contribution >= 4 is 40.6 Å². The third-order valence-corrected chi connectivity index (χ3v) is 5.40. The highest BCUT2D eigenvalue weighted by atomic mass is 32.2. The molecule has 20 heavy (non-hydrogen) atoms. The van der Waals surface area contributed by atoms with E-state index in [1.54, 1.807) is 12.1 Å². The second kappa shape index (κ2) is 7.43. The number of hydrogen-bond donors (Lipinski definition) is 0. The van der Waals surface area contributed by atoms with Gasteiger partial charge in [-0.1, -0.05) is 65.2 Å². The number of nitrogens with zero attached hydrogens (tertiary/aromatic N) is 3. The summed E-state index contributed by atoms with van der Waals surface area (Å²) in [7, 11) is 0. The molecule has 2 rings (SSSR count). The van der Waals surface area contributed by atoms with E-state index in [0.717, 1.165) is 8.68 Å². The summed E-state index contributed by atoms with van der Waals surface area (Å²) in [5, 5.41) is 16.6. The first-order valence-corrected chi connectivity index (χ1v) is 8.48. The van der Waals surface area contributed by atoms with Gasteiger partial charge in [0, 0.05) is 5.56 Å². The van der Waals surface area contributed by atoms with Gasteiger partial charge in [-0.25, -0.2) is 0 Å². The van der Waals surface area contributed by atoms with Gasteiger partial charge in [0.15, 0.2) is 14.5 Å². The zero-order valence-electron chi connectivity index (χ0n) is 10.6. The van der Waals surface area contributed by atoms with E-state index < -0.39 is 0 Å². The molecule has 4 nitrogen and oxygen atoms in total. The fourth-order valence-electron chi connectivity index (χ4n) is 1.32. The topological polar surface area (TPSA) is 66.6 Å². The Morgan fingerprint density at radius 3 is 2.75 bits per heavy atom. The fourth-order valence-corrected chi connectivity index (χ4v) is 4.26. The molecule has 0 aliphatic carbocycles. The zero-order chi connectivity index (χ0) is 14.4. The third kappa shape index (κ3) is 4.34. The monoisotopic (exact) mass is 321 g/mol. The van der Waals surface area contributed by atoms with Crippen LogP contribution in [0.4, 0.5) is 0 Å². The molecule has 0 aliphatic rings. The van der Waals surface area contributed by atoms with Crippen molar-refractivity contribution in [1.29, 1.82) is 5.26 Å². The van der Waals surface area contributed by atoms with Crippen molar-refractivity contribution in [3.8, 4) is 6.07 Å². The lowest BCUT2D eigenvalue weighted by Gasteiger charge is -1.98. The van der Waals surface area contributed by atoms with Crippen LogP contribution in [0.25, 0.3) is 0 Å². The number of rotatable bonds is 6. The Morgan fingerprint density at radius 2 is 2.05 bits per heavy atom. The molecule has 0 amide bonds. The first kappa shape index (κ1) is 15.0. The number of hydrogen-bond acceptors (Lipinski definition) is 7. The lowest BCUT2D eigenvalue weighted by molar-refractivity contribution is 0.102. The smallest absolute Gasteiger partial charge is 0.176 e. The number of thioether (sulfide) groups is 2. The number of carbonyl (C=O) groups excluding carboxylic acids is 1. The van der Waals surface area contributed by atoms with Crippen LogP contribution in [-0.4, -0.2) is 27.0 Å². The summed E-state index contributed by atoms with van der Waals surface area (Å²) in [6, 6.07) is 11.3. The number of benzene rings is 1. The van der Waals surface area contributed by atoms with E-state index in [1.165, 1.54) is 34.9 Å². The Morgan fingerprint density at radius 1 is 1.35 bits per heavy atom. The van der Waals surface area contributed by atoms with Crippen molar-refractivity contribution in [2.75, 3.05) is 5.75 Å². The average Bonchev–Trinajstić information content (AvgIpc) is 2.93. The van der Waals surface area contributed by atoms with Crippen LogP contribution in [0.1, 0.15) is 17.3 Å². The summed E-state index contributed by atoms with van der Waals surface area (Å²) < 4.78 is 1.51. The van der Waals surface area contributed by atoms with Crippen LogP contribution in [0.3, 0.4) is 0 Å². The van der Waals surface area contributed by atoms with Crippen LogP contribution in [0.2, 0.25) is 0 Å². The summed E-state index contributed by atoms with van der Waals surface area (Å²) in [6.07, 6.45) is 0. The zero-order valence-corrected chi connectivity index (χ0v) is 13.1. The largest absolute Gasteiger partial charge is 0.293 e. The number of ketones is 1. The number of carbonyl (C=O) groups is 1. The Labute approximate surface area is 129 Å². The Bertz CT molecular complexity index is 621. The van der Waals surface area contributed by atoms with Crippen molar-refractivity contribution in [1.82, 2.24) is 10.2 Å². The van der Waals surface area contributed by atoms with Gasteiger partial charge in [-0.3, -0.25) is 4.79 Å². The molecule has 0 unspecified atom stereocenters. The molecule has 102 valence electrons. The van der Waals surface area contributed by atoms with Gasteiger partial charge in [0.25, 0.3) is 0 Å². The Kier molecular flexibility index (Phi) is 5.59. The van der Waals surface area contributed by atoms with Gasteiger partial charge in [0.2, 0.25) is 0 Å². The van der Waals surface area contributed by atoms with Gasteiger partial charge in [0.1, 0.15) is 0 Å². The summed E-state index contributed by atoms with van der Waals surface area (Å²) in [6.45, 7) is 1.82. The molecule has 0 aliphatic heterocycles. The molecule has 0 saturated heterocycles. The third-order valence-electron chi connectivity index (χ3n) is 2.27. The molecule has 1 atom stereocenters. The molecule has 0 N–H and O–H groups in total. The second-order valence-corrected chi connectivity index (χ2v) is 7.59. The maximum Gasteiger partial charge on any atom is 0.176 e. The van der Waals surface area contributed by atoms with Crippen molar-refractivity contribution in [3.05, 3.63) is 35.9 Å². The molecule has 1 aromatic carbocycles. The average molecular weight is 321 g/mol. The van der Waals surface area contributed by atoms with Crippen LogP contribution >= 0.6 is 34.9 Å². The van der Waals surface area contributed by atoms with E-state index in [0.29, 0.717) is 11.3 Å². The van der Waals surface area contributed by atoms with Gasteiger partial charge in [0.05, 0.1) is 17.1 Å². The SMILES string of the molecule is C[C@@H](C#N)Sc1nnc(SCC(=O)c2ccccc2)s1. The normalized spacial score (nSPS) is 11.8. The molecule has 0 bridgehead atoms. The van der Waals surface area contributed by atoms with E-state index in [1.807, 2.05) is 25.1 Å². The molecule has 1 aromatic heterocycles. The highest BCUT2D eigenvalue weighted by Gasteiger charge is 2.11. The number of aromatic nitrogens is 2. The van der Waals surface area contributed by atoms with Crippen LogP contribution in [0, 0.1) is 11.3 Å². The van der Waals surface area contributed by atoms with Crippen LogP contribution < -0.4 is 0 Å². The van der Waals surface area contributed by atoms with Gasteiger partial charge in [-0.05, 0) is 6.92 Å². The molecule has 0 fully saturated rings. The summed E-state index contributed by atoms with van der Waals surface area (Å²) in [4.78, 5) is 11.9. The van der Waals surface area contributed by atoms with Crippen LogP contribution in [0.5, 0.6) is 0 Å². The van der Waals surface area contributed by atoms with Crippen molar-refractivity contribution in [3.63, 3.8) is 0 Å². The molecule has 0 spiro atoms. The molecule has 7 heteroatoms. The molecule has 0 radical (unpaired) electrons.